The fraction of sp³-hybridized carbons (Fsp3) is 0.375. The third-order valence-electron chi connectivity index (χ3n) is 4.29. The summed E-state index contributed by atoms with van der Waals surface area (Å²) in [6.45, 7) is 3.33. The van der Waals surface area contributed by atoms with Crippen LogP contribution in [0.2, 0.25) is 0 Å². The number of halogens is 2. The van der Waals surface area contributed by atoms with Crippen LogP contribution in [0, 0.1) is 25.5 Å². The summed E-state index contributed by atoms with van der Waals surface area (Å²) in [6.07, 6.45) is 0. The number of rotatable bonds is 3. The molecule has 0 unspecified atom stereocenters. The predicted molar refractivity (Wildman–Crippen MR) is 87.0 cm³/mol. The van der Waals surface area contributed by atoms with Gasteiger partial charge in [0, 0.05) is 26.2 Å². The Morgan fingerprint density at radius 2 is 1.69 bits per heavy atom. The summed E-state index contributed by atoms with van der Waals surface area (Å²) in [4.78, 5) is 13.1. The Morgan fingerprint density at radius 1 is 1.12 bits per heavy atom. The van der Waals surface area contributed by atoms with Gasteiger partial charge in [-0.3, -0.25) is 4.79 Å². The van der Waals surface area contributed by atoms with Gasteiger partial charge >= 0.3 is 0 Å². The van der Waals surface area contributed by atoms with Crippen LogP contribution in [0.5, 0.6) is 0 Å². The molecule has 0 radical (unpaired) electrons. The van der Waals surface area contributed by atoms with E-state index >= 15 is 0 Å². The van der Waals surface area contributed by atoms with E-state index in [0.29, 0.717) is 17.0 Å². The largest absolute Gasteiger partial charge is 0.361 e. The van der Waals surface area contributed by atoms with Gasteiger partial charge in [0.25, 0.3) is 5.91 Å². The molecule has 2 heterocycles. The van der Waals surface area contributed by atoms with Crippen molar-refractivity contribution in [2.24, 2.45) is 0 Å². The molecule has 1 aliphatic heterocycles. The molecule has 3 rings (SSSR count). The highest BCUT2D eigenvalue weighted by Gasteiger charge is 2.35. The van der Waals surface area contributed by atoms with E-state index in [1.807, 2.05) is 0 Å². The Labute approximate surface area is 149 Å². The predicted octanol–water partition coefficient (Wildman–Crippen LogP) is 1.72. The number of hydrogen-bond donors (Lipinski definition) is 0. The highest BCUT2D eigenvalue weighted by molar-refractivity contribution is 7.89. The van der Waals surface area contributed by atoms with Crippen LogP contribution in [0.1, 0.15) is 21.8 Å². The molecule has 1 aromatic heterocycles. The Morgan fingerprint density at radius 3 is 2.19 bits per heavy atom. The summed E-state index contributed by atoms with van der Waals surface area (Å²) in [6, 6.07) is 2.89. The Kier molecular flexibility index (Phi) is 4.80. The summed E-state index contributed by atoms with van der Waals surface area (Å²) >= 11 is 0. The van der Waals surface area contributed by atoms with Crippen LogP contribution >= 0.6 is 0 Å². The van der Waals surface area contributed by atoms with Crippen molar-refractivity contribution < 1.29 is 26.5 Å². The first-order valence-electron chi connectivity index (χ1n) is 7.89. The Bertz CT molecular complexity index is 911. The summed E-state index contributed by atoms with van der Waals surface area (Å²) in [5.41, 5.74) is 0.803. The van der Waals surface area contributed by atoms with Gasteiger partial charge < -0.3 is 9.42 Å². The van der Waals surface area contributed by atoms with Gasteiger partial charge in [0.15, 0.2) is 4.90 Å². The number of amides is 1. The van der Waals surface area contributed by atoms with E-state index in [1.54, 1.807) is 13.8 Å². The summed E-state index contributed by atoms with van der Waals surface area (Å²) in [5, 5.41) is 3.73. The van der Waals surface area contributed by atoms with Crippen molar-refractivity contribution in [1.82, 2.24) is 14.4 Å². The third-order valence-corrected chi connectivity index (χ3v) is 6.24. The highest BCUT2D eigenvalue weighted by Crippen LogP contribution is 2.24. The maximum Gasteiger partial charge on any atom is 0.259 e. The Balaban J connectivity index is 1.77. The zero-order valence-electron chi connectivity index (χ0n) is 14.2. The second-order valence-electron chi connectivity index (χ2n) is 5.95. The molecule has 7 nitrogen and oxygen atoms in total. The molecular weight excluding hydrogens is 368 g/mol. The highest BCUT2D eigenvalue weighted by atomic mass is 32.2. The number of piperazine rings is 1. The van der Waals surface area contributed by atoms with Gasteiger partial charge in [-0.25, -0.2) is 17.2 Å². The average molecular weight is 385 g/mol. The topological polar surface area (TPSA) is 83.7 Å². The lowest BCUT2D eigenvalue weighted by atomic mass is 10.1. The lowest BCUT2D eigenvalue weighted by Gasteiger charge is -2.34. The minimum Gasteiger partial charge on any atom is -0.361 e. The average Bonchev–Trinajstić information content (AvgIpc) is 2.92. The van der Waals surface area contributed by atoms with Crippen LogP contribution in [0.15, 0.2) is 27.6 Å². The van der Waals surface area contributed by atoms with Crippen LogP contribution in [0.3, 0.4) is 0 Å². The molecule has 0 bridgehead atoms. The summed E-state index contributed by atoms with van der Waals surface area (Å²) in [7, 11) is -4.33. The normalized spacial score (nSPS) is 16.1. The first-order valence-corrected chi connectivity index (χ1v) is 9.34. The monoisotopic (exact) mass is 385 g/mol. The van der Waals surface area contributed by atoms with Crippen LogP contribution in [-0.2, 0) is 10.0 Å². The zero-order valence-corrected chi connectivity index (χ0v) is 15.0. The number of carbonyl (C=O) groups is 1. The second-order valence-corrected chi connectivity index (χ2v) is 7.82. The van der Waals surface area contributed by atoms with Crippen molar-refractivity contribution in [3.63, 3.8) is 0 Å². The van der Waals surface area contributed by atoms with E-state index in [1.165, 1.54) is 4.90 Å². The third kappa shape index (κ3) is 3.10. The second kappa shape index (κ2) is 6.76. The van der Waals surface area contributed by atoms with Crippen LogP contribution in [-0.4, -0.2) is 54.9 Å². The van der Waals surface area contributed by atoms with Gasteiger partial charge in [0.05, 0.1) is 5.69 Å². The van der Waals surface area contributed by atoms with Crippen LogP contribution in [0.4, 0.5) is 8.78 Å². The minimum atomic E-state index is -4.33. The Hall–Kier alpha value is -2.33. The van der Waals surface area contributed by atoms with Crippen LogP contribution < -0.4 is 0 Å². The van der Waals surface area contributed by atoms with Gasteiger partial charge in [0.1, 0.15) is 23.0 Å². The van der Waals surface area contributed by atoms with E-state index < -0.39 is 26.6 Å². The molecule has 1 amide bonds. The molecule has 1 saturated heterocycles. The SMILES string of the molecule is Cc1noc(C)c1C(=O)N1CCN(S(=O)(=O)c2c(F)cccc2F)CC1. The quantitative estimate of drug-likeness (QED) is 0.803. The standard InChI is InChI=1S/C16H17F2N3O4S/c1-10-14(11(2)25-19-10)16(22)20-6-8-21(9-7-20)26(23,24)15-12(17)4-3-5-13(15)18/h3-5H,6-9H2,1-2H3. The number of carbonyl (C=O) groups excluding carboxylic acids is 1. The van der Waals surface area contributed by atoms with Crippen molar-refractivity contribution in [3.05, 3.63) is 46.9 Å². The summed E-state index contributed by atoms with van der Waals surface area (Å²) < 4.78 is 58.8. The molecule has 0 N–H and O–H groups in total. The molecule has 2 aromatic rings. The van der Waals surface area contributed by atoms with E-state index in [9.17, 15) is 22.0 Å². The molecule has 0 aliphatic carbocycles. The number of sulfonamides is 1. The minimum absolute atomic E-state index is 0.0643. The van der Waals surface area contributed by atoms with E-state index in [2.05, 4.69) is 5.16 Å². The number of aryl methyl sites for hydroxylation is 2. The molecule has 1 aromatic carbocycles. The lowest BCUT2D eigenvalue weighted by molar-refractivity contribution is 0.0695. The van der Waals surface area contributed by atoms with Crippen molar-refractivity contribution in [3.8, 4) is 0 Å². The van der Waals surface area contributed by atoms with Gasteiger partial charge in [-0.05, 0) is 26.0 Å². The first-order chi connectivity index (χ1) is 12.2. The van der Waals surface area contributed by atoms with Crippen molar-refractivity contribution in [2.75, 3.05) is 26.2 Å². The molecule has 1 fully saturated rings. The van der Waals surface area contributed by atoms with E-state index in [-0.39, 0.29) is 32.1 Å². The maximum atomic E-state index is 13.9. The van der Waals surface area contributed by atoms with Gasteiger partial charge in [-0.1, -0.05) is 11.2 Å². The molecular formula is C16H17F2N3O4S. The van der Waals surface area contributed by atoms with Gasteiger partial charge in [-0.15, -0.1) is 0 Å². The summed E-state index contributed by atoms with van der Waals surface area (Å²) in [5.74, 6) is -2.20. The van der Waals surface area contributed by atoms with Crippen molar-refractivity contribution in [2.45, 2.75) is 18.7 Å². The molecule has 1 aliphatic rings. The van der Waals surface area contributed by atoms with Crippen LogP contribution in [0.25, 0.3) is 0 Å². The van der Waals surface area contributed by atoms with Gasteiger partial charge in [0.2, 0.25) is 10.0 Å². The fourth-order valence-corrected chi connectivity index (χ4v) is 4.47. The smallest absolute Gasteiger partial charge is 0.259 e. The number of nitrogens with zero attached hydrogens (tertiary/aromatic N) is 3. The lowest BCUT2D eigenvalue weighted by Crippen LogP contribution is -2.50. The molecule has 26 heavy (non-hydrogen) atoms. The molecule has 140 valence electrons. The number of hydrogen-bond acceptors (Lipinski definition) is 5. The van der Waals surface area contributed by atoms with Crippen molar-refractivity contribution >= 4 is 15.9 Å². The molecule has 0 spiro atoms. The molecule has 10 heteroatoms. The van der Waals surface area contributed by atoms with Gasteiger partial charge in [-0.2, -0.15) is 4.31 Å². The van der Waals surface area contributed by atoms with E-state index in [0.717, 1.165) is 22.5 Å². The molecule has 0 saturated carbocycles. The number of aromatic nitrogens is 1. The molecule has 0 atom stereocenters. The zero-order chi connectivity index (χ0) is 19.1. The maximum absolute atomic E-state index is 13.9. The first kappa shape index (κ1) is 18.5. The van der Waals surface area contributed by atoms with Crippen molar-refractivity contribution in [1.29, 1.82) is 0 Å². The fourth-order valence-electron chi connectivity index (χ4n) is 2.94. The van der Waals surface area contributed by atoms with E-state index in [4.69, 9.17) is 4.52 Å². The number of benzene rings is 1.